The number of halogens is 4. The van der Waals surface area contributed by atoms with E-state index < -0.39 is 29.1 Å². The molecule has 0 saturated heterocycles. The third kappa shape index (κ3) is 8.36. The van der Waals surface area contributed by atoms with Crippen LogP contribution in [0.4, 0.5) is 17.6 Å². The number of hydrogen-bond acceptors (Lipinski definition) is 2. The largest absolute Gasteiger partial charge is 0.462 e. The van der Waals surface area contributed by atoms with E-state index in [-0.39, 0.29) is 6.61 Å². The highest BCUT2D eigenvalue weighted by molar-refractivity contribution is 5.91. The van der Waals surface area contributed by atoms with Crippen LogP contribution in [0.3, 0.4) is 0 Å². The third-order valence-corrected chi connectivity index (χ3v) is 3.99. The van der Waals surface area contributed by atoms with Gasteiger partial charge in [-0.1, -0.05) is 58.3 Å². The van der Waals surface area contributed by atoms with Gasteiger partial charge in [0.2, 0.25) is 0 Å². The highest BCUT2D eigenvalue weighted by Crippen LogP contribution is 2.32. The Morgan fingerprint density at radius 1 is 0.960 bits per heavy atom. The van der Waals surface area contributed by atoms with Crippen LogP contribution in [0.1, 0.15) is 80.6 Å². The summed E-state index contributed by atoms with van der Waals surface area (Å²) in [4.78, 5) is 11.8. The predicted molar refractivity (Wildman–Crippen MR) is 88.9 cm³/mol. The van der Waals surface area contributed by atoms with E-state index in [0.717, 1.165) is 31.4 Å². The van der Waals surface area contributed by atoms with E-state index in [0.29, 0.717) is 12.5 Å². The Kier molecular flexibility index (Phi) is 9.53. The number of unbranched alkanes of at least 4 members (excludes halogenated alkanes) is 8. The zero-order valence-corrected chi connectivity index (χ0v) is 14.6. The molecule has 0 saturated carbocycles. The van der Waals surface area contributed by atoms with Crippen LogP contribution in [-0.2, 0) is 10.9 Å². The molecule has 0 aliphatic carbocycles. The Labute approximate surface area is 146 Å². The number of hydrogen-bond donors (Lipinski definition) is 0. The summed E-state index contributed by atoms with van der Waals surface area (Å²) in [7, 11) is 0. The van der Waals surface area contributed by atoms with Gasteiger partial charge in [-0.25, -0.2) is 9.18 Å². The Balaban J connectivity index is 2.29. The van der Waals surface area contributed by atoms with Crippen molar-refractivity contribution in [1.29, 1.82) is 0 Å². The van der Waals surface area contributed by atoms with Crippen molar-refractivity contribution in [1.82, 2.24) is 0 Å². The number of carbonyl (C=O) groups is 1. The van der Waals surface area contributed by atoms with Gasteiger partial charge in [0.15, 0.2) is 0 Å². The molecule has 0 spiro atoms. The first-order valence-corrected chi connectivity index (χ1v) is 8.90. The Morgan fingerprint density at radius 3 is 2.08 bits per heavy atom. The average Bonchev–Trinajstić information content (AvgIpc) is 2.55. The molecule has 1 aromatic carbocycles. The standard InChI is InChI=1S/C19H26F4O2/c1-2-3-4-5-6-7-8-9-10-13-25-18(24)16-12-11-15(20)14-17(16)19(21,22)23/h11-12,14H,2-10,13H2,1H3. The first-order valence-electron chi connectivity index (χ1n) is 8.90. The fourth-order valence-corrected chi connectivity index (χ4v) is 2.58. The summed E-state index contributed by atoms with van der Waals surface area (Å²) in [6.07, 6.45) is 4.98. The first-order chi connectivity index (χ1) is 11.9. The maximum absolute atomic E-state index is 13.0. The molecule has 0 unspecified atom stereocenters. The van der Waals surface area contributed by atoms with Gasteiger partial charge in [-0.3, -0.25) is 0 Å². The van der Waals surface area contributed by atoms with E-state index in [4.69, 9.17) is 4.74 Å². The third-order valence-electron chi connectivity index (χ3n) is 3.99. The second kappa shape index (κ2) is 11.1. The molecule has 0 bridgehead atoms. The molecule has 0 N–H and O–H groups in total. The molecule has 1 rings (SSSR count). The number of carbonyl (C=O) groups excluding carboxylic acids is 1. The summed E-state index contributed by atoms with van der Waals surface area (Å²) >= 11 is 0. The molecule has 0 aromatic heterocycles. The molecule has 0 fully saturated rings. The van der Waals surface area contributed by atoms with Crippen LogP contribution in [0.25, 0.3) is 0 Å². The van der Waals surface area contributed by atoms with E-state index >= 15 is 0 Å². The van der Waals surface area contributed by atoms with Crippen molar-refractivity contribution < 1.29 is 27.1 Å². The summed E-state index contributed by atoms with van der Waals surface area (Å²) < 4.78 is 56.5. The molecule has 142 valence electrons. The van der Waals surface area contributed by atoms with Gasteiger partial charge in [0.1, 0.15) is 5.82 Å². The van der Waals surface area contributed by atoms with E-state index in [1.165, 1.54) is 32.1 Å². The first kappa shape index (κ1) is 21.5. The summed E-state index contributed by atoms with van der Waals surface area (Å²) in [5.74, 6) is -2.10. The minimum absolute atomic E-state index is 0.0728. The van der Waals surface area contributed by atoms with Crippen molar-refractivity contribution in [2.24, 2.45) is 0 Å². The quantitative estimate of drug-likeness (QED) is 0.254. The van der Waals surface area contributed by atoms with Crippen molar-refractivity contribution in [3.63, 3.8) is 0 Å². The van der Waals surface area contributed by atoms with Gasteiger partial charge in [-0.2, -0.15) is 13.2 Å². The van der Waals surface area contributed by atoms with Crippen LogP contribution < -0.4 is 0 Å². The SMILES string of the molecule is CCCCCCCCCCCOC(=O)c1ccc(F)cc1C(F)(F)F. The molecule has 0 heterocycles. The smallest absolute Gasteiger partial charge is 0.417 e. The Hall–Kier alpha value is -1.59. The maximum atomic E-state index is 13.0. The van der Waals surface area contributed by atoms with E-state index in [9.17, 15) is 22.4 Å². The second-order valence-corrected chi connectivity index (χ2v) is 6.15. The molecular formula is C19H26F4O2. The van der Waals surface area contributed by atoms with E-state index in [1.54, 1.807) is 0 Å². The molecule has 2 nitrogen and oxygen atoms in total. The molecule has 0 amide bonds. The van der Waals surface area contributed by atoms with Gasteiger partial charge in [-0.15, -0.1) is 0 Å². The molecule has 25 heavy (non-hydrogen) atoms. The van der Waals surface area contributed by atoms with Crippen LogP contribution >= 0.6 is 0 Å². The number of rotatable bonds is 11. The number of esters is 1. The maximum Gasteiger partial charge on any atom is 0.417 e. The lowest BCUT2D eigenvalue weighted by Crippen LogP contribution is -2.16. The summed E-state index contributed by atoms with van der Waals surface area (Å²) in [5, 5.41) is 0. The van der Waals surface area contributed by atoms with Crippen LogP contribution in [0.5, 0.6) is 0 Å². The summed E-state index contributed by atoms with van der Waals surface area (Å²) in [6, 6.07) is 1.95. The lowest BCUT2D eigenvalue weighted by Gasteiger charge is -2.12. The van der Waals surface area contributed by atoms with Gasteiger partial charge < -0.3 is 4.74 Å². The second-order valence-electron chi connectivity index (χ2n) is 6.15. The van der Waals surface area contributed by atoms with Crippen molar-refractivity contribution in [2.75, 3.05) is 6.61 Å². The van der Waals surface area contributed by atoms with Crippen molar-refractivity contribution in [2.45, 2.75) is 70.9 Å². The molecule has 0 aliphatic rings. The zero-order chi connectivity index (χ0) is 18.7. The fraction of sp³-hybridized carbons (Fsp3) is 0.632. The normalized spacial score (nSPS) is 11.6. The van der Waals surface area contributed by atoms with Crippen molar-refractivity contribution in [3.05, 3.63) is 35.1 Å². The number of alkyl halides is 3. The Morgan fingerprint density at radius 2 is 1.52 bits per heavy atom. The average molecular weight is 362 g/mol. The van der Waals surface area contributed by atoms with Crippen LogP contribution in [0.2, 0.25) is 0 Å². The number of benzene rings is 1. The lowest BCUT2D eigenvalue weighted by atomic mass is 10.1. The van der Waals surface area contributed by atoms with Gasteiger partial charge in [0, 0.05) is 0 Å². The zero-order valence-electron chi connectivity index (χ0n) is 14.6. The van der Waals surface area contributed by atoms with E-state index in [2.05, 4.69) is 6.92 Å². The lowest BCUT2D eigenvalue weighted by molar-refractivity contribution is -0.138. The van der Waals surface area contributed by atoms with E-state index in [1.807, 2.05) is 0 Å². The minimum atomic E-state index is -4.80. The molecule has 6 heteroatoms. The fourth-order valence-electron chi connectivity index (χ4n) is 2.58. The van der Waals surface area contributed by atoms with Gasteiger partial charge in [-0.05, 0) is 24.6 Å². The highest BCUT2D eigenvalue weighted by atomic mass is 19.4. The van der Waals surface area contributed by atoms with Crippen LogP contribution in [0, 0.1) is 5.82 Å². The van der Waals surface area contributed by atoms with Crippen LogP contribution in [-0.4, -0.2) is 12.6 Å². The molecule has 0 aliphatic heterocycles. The predicted octanol–water partition coefficient (Wildman–Crippen LogP) is 6.53. The van der Waals surface area contributed by atoms with Gasteiger partial charge in [0.05, 0.1) is 17.7 Å². The molecule has 0 radical (unpaired) electrons. The summed E-state index contributed by atoms with van der Waals surface area (Å²) in [6.45, 7) is 2.24. The highest BCUT2D eigenvalue weighted by Gasteiger charge is 2.36. The minimum Gasteiger partial charge on any atom is -0.462 e. The molecular weight excluding hydrogens is 336 g/mol. The molecule has 1 aromatic rings. The topological polar surface area (TPSA) is 26.3 Å². The van der Waals surface area contributed by atoms with Gasteiger partial charge >= 0.3 is 12.1 Å². The Bertz CT molecular complexity index is 527. The monoisotopic (exact) mass is 362 g/mol. The molecule has 0 atom stereocenters. The summed E-state index contributed by atoms with van der Waals surface area (Å²) in [5.41, 5.74) is -1.95. The van der Waals surface area contributed by atoms with Crippen molar-refractivity contribution >= 4 is 5.97 Å². The van der Waals surface area contributed by atoms with Crippen molar-refractivity contribution in [3.8, 4) is 0 Å². The number of ether oxygens (including phenoxy) is 1. The van der Waals surface area contributed by atoms with Crippen LogP contribution in [0.15, 0.2) is 18.2 Å². The van der Waals surface area contributed by atoms with Gasteiger partial charge in [0.25, 0.3) is 0 Å².